The summed E-state index contributed by atoms with van der Waals surface area (Å²) in [5.74, 6) is -0.712. The van der Waals surface area contributed by atoms with Crippen LogP contribution in [0.4, 0.5) is 0 Å². The van der Waals surface area contributed by atoms with Gasteiger partial charge in [-0.05, 0) is 18.8 Å². The minimum absolute atomic E-state index is 0. The van der Waals surface area contributed by atoms with Crippen molar-refractivity contribution in [2.45, 2.75) is 25.3 Å². The highest BCUT2D eigenvalue weighted by molar-refractivity contribution is 5.85. The van der Waals surface area contributed by atoms with Crippen molar-refractivity contribution in [1.82, 2.24) is 0 Å². The van der Waals surface area contributed by atoms with Crippen LogP contribution in [0.3, 0.4) is 0 Å². The fraction of sp³-hybridized carbons (Fsp3) is 0.833. The summed E-state index contributed by atoms with van der Waals surface area (Å²) in [6, 6.07) is 0. The molecule has 60 valence electrons. The van der Waals surface area contributed by atoms with E-state index < -0.39 is 11.5 Å². The molecular formula is C6H12ClNO2. The van der Waals surface area contributed by atoms with E-state index in [1.54, 1.807) is 0 Å². The highest BCUT2D eigenvalue weighted by Crippen LogP contribution is 2.35. The molecule has 0 radical (unpaired) electrons. The van der Waals surface area contributed by atoms with Gasteiger partial charge in [0.2, 0.25) is 0 Å². The van der Waals surface area contributed by atoms with Crippen molar-refractivity contribution in [2.24, 2.45) is 11.7 Å². The van der Waals surface area contributed by atoms with Gasteiger partial charge in [0.25, 0.3) is 0 Å². The lowest BCUT2D eigenvalue weighted by molar-refractivity contribution is -0.149. The van der Waals surface area contributed by atoms with E-state index in [0.29, 0.717) is 6.42 Å². The highest BCUT2D eigenvalue weighted by atomic mass is 35.5. The maximum absolute atomic E-state index is 10.4. The summed E-state index contributed by atoms with van der Waals surface area (Å²) < 4.78 is 0. The Labute approximate surface area is 66.0 Å². The standard InChI is InChI=1S/C6H11NO2.ClH/c1-4-2-3-6(4,7)5(8)9;/h4H,2-3,7H2,1H3,(H,8,9);1H/t4-,6-;/m0./s1. The molecule has 1 aliphatic carbocycles. The number of carboxylic acids is 1. The smallest absolute Gasteiger partial charge is 0.323 e. The molecule has 0 aromatic heterocycles. The first kappa shape index (κ1) is 9.72. The van der Waals surface area contributed by atoms with Crippen LogP contribution >= 0.6 is 12.4 Å². The van der Waals surface area contributed by atoms with Crippen LogP contribution in [0, 0.1) is 5.92 Å². The van der Waals surface area contributed by atoms with Crippen molar-refractivity contribution >= 4 is 18.4 Å². The quantitative estimate of drug-likeness (QED) is 0.599. The van der Waals surface area contributed by atoms with E-state index in [1.807, 2.05) is 6.92 Å². The van der Waals surface area contributed by atoms with Crippen LogP contribution < -0.4 is 5.73 Å². The SMILES string of the molecule is C[C@H]1CC[C@@]1(N)C(=O)O.Cl. The summed E-state index contributed by atoms with van der Waals surface area (Å²) in [6.07, 6.45) is 1.58. The second kappa shape index (κ2) is 2.76. The van der Waals surface area contributed by atoms with Crippen LogP contribution in [-0.4, -0.2) is 16.6 Å². The fourth-order valence-electron chi connectivity index (χ4n) is 1.06. The lowest BCUT2D eigenvalue weighted by atomic mass is 9.68. The molecule has 1 fully saturated rings. The van der Waals surface area contributed by atoms with Crippen LogP contribution in [0.1, 0.15) is 19.8 Å². The van der Waals surface area contributed by atoms with E-state index >= 15 is 0 Å². The summed E-state index contributed by atoms with van der Waals surface area (Å²) in [5, 5.41) is 8.54. The van der Waals surface area contributed by atoms with Gasteiger partial charge < -0.3 is 10.8 Å². The fourth-order valence-corrected chi connectivity index (χ4v) is 1.06. The second-order valence-corrected chi connectivity index (χ2v) is 2.79. The number of carboxylic acid groups (broad SMARTS) is 1. The monoisotopic (exact) mass is 165 g/mol. The average molecular weight is 166 g/mol. The molecule has 3 nitrogen and oxygen atoms in total. The molecule has 0 spiro atoms. The van der Waals surface area contributed by atoms with Gasteiger partial charge in [0, 0.05) is 0 Å². The number of rotatable bonds is 1. The third-order valence-electron chi connectivity index (χ3n) is 2.27. The predicted octanol–water partition coefficient (Wildman–Crippen LogP) is 0.620. The van der Waals surface area contributed by atoms with Crippen molar-refractivity contribution in [3.05, 3.63) is 0 Å². The second-order valence-electron chi connectivity index (χ2n) is 2.79. The van der Waals surface area contributed by atoms with E-state index in [-0.39, 0.29) is 18.3 Å². The lowest BCUT2D eigenvalue weighted by Gasteiger charge is -2.40. The largest absolute Gasteiger partial charge is 0.480 e. The zero-order chi connectivity index (χ0) is 7.07. The van der Waals surface area contributed by atoms with Gasteiger partial charge in [-0.2, -0.15) is 0 Å². The Hall–Kier alpha value is -0.280. The van der Waals surface area contributed by atoms with Gasteiger partial charge in [0.05, 0.1) is 0 Å². The van der Waals surface area contributed by atoms with E-state index in [9.17, 15) is 4.79 Å². The van der Waals surface area contributed by atoms with E-state index in [2.05, 4.69) is 0 Å². The molecule has 0 aromatic carbocycles. The average Bonchev–Trinajstić information content (AvgIpc) is 1.82. The summed E-state index contributed by atoms with van der Waals surface area (Å²) in [4.78, 5) is 10.4. The Morgan fingerprint density at radius 1 is 1.80 bits per heavy atom. The summed E-state index contributed by atoms with van der Waals surface area (Å²) in [7, 11) is 0. The first-order chi connectivity index (χ1) is 4.07. The molecule has 0 bridgehead atoms. The maximum Gasteiger partial charge on any atom is 0.323 e. The van der Waals surface area contributed by atoms with Crippen molar-refractivity contribution in [2.75, 3.05) is 0 Å². The zero-order valence-corrected chi connectivity index (χ0v) is 6.65. The molecular weight excluding hydrogens is 154 g/mol. The van der Waals surface area contributed by atoms with Crippen molar-refractivity contribution in [3.63, 3.8) is 0 Å². The molecule has 1 saturated carbocycles. The molecule has 0 saturated heterocycles. The Balaban J connectivity index is 0.000000810. The van der Waals surface area contributed by atoms with Crippen LogP contribution in [0.25, 0.3) is 0 Å². The van der Waals surface area contributed by atoms with Gasteiger partial charge >= 0.3 is 5.97 Å². The van der Waals surface area contributed by atoms with Crippen LogP contribution in [0.2, 0.25) is 0 Å². The van der Waals surface area contributed by atoms with Crippen LogP contribution in [-0.2, 0) is 4.79 Å². The van der Waals surface area contributed by atoms with Crippen molar-refractivity contribution in [1.29, 1.82) is 0 Å². The molecule has 4 heteroatoms. The van der Waals surface area contributed by atoms with Gasteiger partial charge in [-0.25, -0.2) is 0 Å². The van der Waals surface area contributed by atoms with Crippen LogP contribution in [0.5, 0.6) is 0 Å². The van der Waals surface area contributed by atoms with Gasteiger partial charge in [0.15, 0.2) is 0 Å². The Kier molecular flexibility index (Phi) is 2.68. The number of hydrogen-bond donors (Lipinski definition) is 2. The van der Waals surface area contributed by atoms with E-state index in [0.717, 1.165) is 6.42 Å². The molecule has 1 rings (SSSR count). The maximum atomic E-state index is 10.4. The lowest BCUT2D eigenvalue weighted by Crippen LogP contribution is -2.59. The molecule has 0 aliphatic heterocycles. The molecule has 0 unspecified atom stereocenters. The minimum atomic E-state index is -0.903. The normalized spacial score (nSPS) is 37.6. The molecule has 1 aliphatic rings. The van der Waals surface area contributed by atoms with Crippen LogP contribution in [0.15, 0.2) is 0 Å². The summed E-state index contributed by atoms with van der Waals surface area (Å²) >= 11 is 0. The summed E-state index contributed by atoms with van der Waals surface area (Å²) in [6.45, 7) is 1.87. The Morgan fingerprint density at radius 2 is 2.30 bits per heavy atom. The molecule has 3 N–H and O–H groups in total. The van der Waals surface area contributed by atoms with Gasteiger partial charge in [0.1, 0.15) is 5.54 Å². The molecule has 0 amide bonds. The van der Waals surface area contributed by atoms with E-state index in [4.69, 9.17) is 10.8 Å². The molecule has 0 aromatic rings. The number of nitrogens with two attached hydrogens (primary N) is 1. The zero-order valence-electron chi connectivity index (χ0n) is 5.83. The van der Waals surface area contributed by atoms with Crippen molar-refractivity contribution in [3.8, 4) is 0 Å². The Bertz CT molecular complexity index is 151. The third-order valence-corrected chi connectivity index (χ3v) is 2.27. The third kappa shape index (κ3) is 1.11. The van der Waals surface area contributed by atoms with Gasteiger partial charge in [-0.1, -0.05) is 6.92 Å². The first-order valence-corrected chi connectivity index (χ1v) is 3.09. The molecule has 0 heterocycles. The predicted molar refractivity (Wildman–Crippen MR) is 40.2 cm³/mol. The number of halogens is 1. The Morgan fingerprint density at radius 3 is 2.30 bits per heavy atom. The van der Waals surface area contributed by atoms with Gasteiger partial charge in [-0.3, -0.25) is 4.79 Å². The summed E-state index contributed by atoms with van der Waals surface area (Å²) in [5.41, 5.74) is 4.59. The van der Waals surface area contributed by atoms with Crippen molar-refractivity contribution < 1.29 is 9.90 Å². The number of aliphatic carboxylic acids is 1. The van der Waals surface area contributed by atoms with E-state index in [1.165, 1.54) is 0 Å². The first-order valence-electron chi connectivity index (χ1n) is 3.09. The number of hydrogen-bond acceptors (Lipinski definition) is 2. The topological polar surface area (TPSA) is 63.3 Å². The minimum Gasteiger partial charge on any atom is -0.480 e. The number of carbonyl (C=O) groups is 1. The highest BCUT2D eigenvalue weighted by Gasteiger charge is 2.46. The van der Waals surface area contributed by atoms with Gasteiger partial charge in [-0.15, -0.1) is 12.4 Å². The molecule has 2 atom stereocenters. The molecule has 10 heavy (non-hydrogen) atoms.